The molecular weight excluding hydrogens is 282 g/mol. The van der Waals surface area contributed by atoms with Crippen LogP contribution < -0.4 is 5.32 Å². The standard InChI is InChI=1S/C21H37NO/c1-4-5-6-7-8-9-10-11-12-16-20(23-3)18-22-21-17-14-13-15-19(21)2/h13-15,17,20,22H,4-12,16,18H2,1-3H3. The van der Waals surface area contributed by atoms with Gasteiger partial charge >= 0.3 is 0 Å². The minimum absolute atomic E-state index is 0.319. The highest BCUT2D eigenvalue weighted by molar-refractivity contribution is 5.50. The lowest BCUT2D eigenvalue weighted by atomic mass is 10.0. The molecule has 1 aromatic carbocycles. The minimum atomic E-state index is 0.319. The van der Waals surface area contributed by atoms with Crippen LogP contribution in [-0.2, 0) is 4.74 Å². The molecule has 0 aliphatic rings. The minimum Gasteiger partial charge on any atom is -0.382 e. The van der Waals surface area contributed by atoms with Crippen molar-refractivity contribution in [1.82, 2.24) is 0 Å². The van der Waals surface area contributed by atoms with Gasteiger partial charge < -0.3 is 10.1 Å². The highest BCUT2D eigenvalue weighted by Crippen LogP contribution is 2.15. The van der Waals surface area contributed by atoms with Crippen molar-refractivity contribution in [2.24, 2.45) is 0 Å². The van der Waals surface area contributed by atoms with Crippen LogP contribution in [0, 0.1) is 6.92 Å². The number of methoxy groups -OCH3 is 1. The summed E-state index contributed by atoms with van der Waals surface area (Å²) in [5, 5.41) is 3.52. The Bertz CT molecular complexity index is 391. The maximum Gasteiger partial charge on any atom is 0.0743 e. The predicted molar refractivity (Wildman–Crippen MR) is 102 cm³/mol. The van der Waals surface area contributed by atoms with E-state index in [0.717, 1.165) is 13.0 Å². The first-order valence-corrected chi connectivity index (χ1v) is 9.60. The summed E-state index contributed by atoms with van der Waals surface area (Å²) in [4.78, 5) is 0. The summed E-state index contributed by atoms with van der Waals surface area (Å²) in [6.45, 7) is 5.32. The molecule has 0 heterocycles. The number of hydrogen-bond donors (Lipinski definition) is 1. The molecule has 2 heteroatoms. The summed E-state index contributed by atoms with van der Waals surface area (Å²) < 4.78 is 5.62. The summed E-state index contributed by atoms with van der Waals surface area (Å²) in [7, 11) is 1.83. The zero-order chi connectivity index (χ0) is 16.8. The molecule has 0 aromatic heterocycles. The van der Waals surface area contributed by atoms with E-state index in [2.05, 4.69) is 43.4 Å². The number of benzene rings is 1. The van der Waals surface area contributed by atoms with E-state index < -0.39 is 0 Å². The zero-order valence-electron chi connectivity index (χ0n) is 15.6. The van der Waals surface area contributed by atoms with Crippen molar-refractivity contribution in [3.8, 4) is 0 Å². The third kappa shape index (κ3) is 9.65. The Labute approximate surface area is 144 Å². The van der Waals surface area contributed by atoms with Crippen LogP contribution in [0.5, 0.6) is 0 Å². The maximum atomic E-state index is 5.62. The van der Waals surface area contributed by atoms with E-state index in [1.165, 1.54) is 69.0 Å². The van der Waals surface area contributed by atoms with E-state index in [1.54, 1.807) is 0 Å². The van der Waals surface area contributed by atoms with Gasteiger partial charge in [-0.05, 0) is 25.0 Å². The molecule has 1 N–H and O–H groups in total. The molecular formula is C21H37NO. The number of ether oxygens (including phenoxy) is 1. The lowest BCUT2D eigenvalue weighted by Gasteiger charge is -2.17. The molecule has 0 spiro atoms. The smallest absolute Gasteiger partial charge is 0.0743 e. The third-order valence-electron chi connectivity index (χ3n) is 4.63. The Morgan fingerprint density at radius 3 is 2.13 bits per heavy atom. The van der Waals surface area contributed by atoms with Crippen LogP contribution in [-0.4, -0.2) is 19.8 Å². The van der Waals surface area contributed by atoms with E-state index >= 15 is 0 Å². The van der Waals surface area contributed by atoms with E-state index in [1.807, 2.05) is 7.11 Å². The Morgan fingerprint density at radius 1 is 0.913 bits per heavy atom. The fourth-order valence-electron chi connectivity index (χ4n) is 2.98. The van der Waals surface area contributed by atoms with Crippen molar-refractivity contribution in [1.29, 1.82) is 0 Å². The molecule has 0 saturated heterocycles. The van der Waals surface area contributed by atoms with Crippen LogP contribution in [0.2, 0.25) is 0 Å². The van der Waals surface area contributed by atoms with Crippen molar-refractivity contribution in [2.75, 3.05) is 19.0 Å². The molecule has 23 heavy (non-hydrogen) atoms. The van der Waals surface area contributed by atoms with Crippen LogP contribution in [0.4, 0.5) is 5.69 Å². The number of unbranched alkanes of at least 4 members (excludes halogenated alkanes) is 8. The number of anilines is 1. The topological polar surface area (TPSA) is 21.3 Å². The first kappa shape index (κ1) is 20.0. The molecule has 2 nitrogen and oxygen atoms in total. The first-order chi connectivity index (χ1) is 11.3. The largest absolute Gasteiger partial charge is 0.382 e. The van der Waals surface area contributed by atoms with Gasteiger partial charge in [0, 0.05) is 19.3 Å². The van der Waals surface area contributed by atoms with Crippen LogP contribution in [0.15, 0.2) is 24.3 Å². The van der Waals surface area contributed by atoms with Crippen molar-refractivity contribution < 1.29 is 4.74 Å². The zero-order valence-corrected chi connectivity index (χ0v) is 15.6. The summed E-state index contributed by atoms with van der Waals surface area (Å²) in [5.74, 6) is 0. The second-order valence-corrected chi connectivity index (χ2v) is 6.67. The van der Waals surface area contributed by atoms with Crippen LogP contribution in [0.25, 0.3) is 0 Å². The van der Waals surface area contributed by atoms with Gasteiger partial charge in [-0.3, -0.25) is 0 Å². The average Bonchev–Trinajstić information content (AvgIpc) is 2.57. The monoisotopic (exact) mass is 319 g/mol. The van der Waals surface area contributed by atoms with Crippen LogP contribution in [0.1, 0.15) is 76.7 Å². The number of nitrogens with one attached hydrogen (secondary N) is 1. The molecule has 132 valence electrons. The highest BCUT2D eigenvalue weighted by atomic mass is 16.5. The highest BCUT2D eigenvalue weighted by Gasteiger charge is 2.07. The summed E-state index contributed by atoms with van der Waals surface area (Å²) in [6.07, 6.45) is 13.9. The van der Waals surface area contributed by atoms with E-state index in [-0.39, 0.29) is 0 Å². The second-order valence-electron chi connectivity index (χ2n) is 6.67. The Morgan fingerprint density at radius 2 is 1.52 bits per heavy atom. The molecule has 0 amide bonds. The second kappa shape index (κ2) is 13.4. The van der Waals surface area contributed by atoms with Gasteiger partial charge in [-0.25, -0.2) is 0 Å². The molecule has 0 bridgehead atoms. The Kier molecular flexibility index (Phi) is 11.7. The van der Waals surface area contributed by atoms with Crippen LogP contribution in [0.3, 0.4) is 0 Å². The summed E-state index contributed by atoms with van der Waals surface area (Å²) in [5.41, 5.74) is 2.52. The van der Waals surface area contributed by atoms with Gasteiger partial charge in [-0.15, -0.1) is 0 Å². The van der Waals surface area contributed by atoms with Gasteiger partial charge in [-0.1, -0.05) is 82.9 Å². The molecule has 0 aliphatic heterocycles. The van der Waals surface area contributed by atoms with Crippen molar-refractivity contribution in [3.63, 3.8) is 0 Å². The fraction of sp³-hybridized carbons (Fsp3) is 0.714. The van der Waals surface area contributed by atoms with E-state index in [4.69, 9.17) is 4.74 Å². The molecule has 1 atom stereocenters. The fourth-order valence-corrected chi connectivity index (χ4v) is 2.98. The van der Waals surface area contributed by atoms with Gasteiger partial charge in [-0.2, -0.15) is 0 Å². The number of aryl methyl sites for hydroxylation is 1. The number of rotatable bonds is 14. The molecule has 1 rings (SSSR count). The Hall–Kier alpha value is -1.02. The molecule has 1 aromatic rings. The predicted octanol–water partition coefficient (Wildman–Crippen LogP) is 6.34. The molecule has 0 radical (unpaired) electrons. The van der Waals surface area contributed by atoms with Gasteiger partial charge in [0.2, 0.25) is 0 Å². The van der Waals surface area contributed by atoms with Gasteiger partial charge in [0.1, 0.15) is 0 Å². The molecule has 1 unspecified atom stereocenters. The quantitative estimate of drug-likeness (QED) is 0.404. The van der Waals surface area contributed by atoms with Crippen molar-refractivity contribution in [3.05, 3.63) is 29.8 Å². The van der Waals surface area contributed by atoms with Gasteiger partial charge in [0.25, 0.3) is 0 Å². The summed E-state index contributed by atoms with van der Waals surface area (Å²) in [6, 6.07) is 8.44. The lowest BCUT2D eigenvalue weighted by Crippen LogP contribution is -2.22. The third-order valence-corrected chi connectivity index (χ3v) is 4.63. The number of hydrogen-bond acceptors (Lipinski definition) is 2. The molecule has 0 fully saturated rings. The average molecular weight is 320 g/mol. The van der Waals surface area contributed by atoms with Crippen molar-refractivity contribution >= 4 is 5.69 Å². The Balaban J connectivity index is 2.04. The molecule has 0 saturated carbocycles. The normalized spacial score (nSPS) is 12.3. The van der Waals surface area contributed by atoms with E-state index in [0.29, 0.717) is 6.10 Å². The lowest BCUT2D eigenvalue weighted by molar-refractivity contribution is 0.103. The van der Waals surface area contributed by atoms with E-state index in [9.17, 15) is 0 Å². The van der Waals surface area contributed by atoms with Crippen molar-refractivity contribution in [2.45, 2.75) is 84.2 Å². The van der Waals surface area contributed by atoms with Gasteiger partial charge in [0.05, 0.1) is 6.10 Å². The summed E-state index contributed by atoms with van der Waals surface area (Å²) >= 11 is 0. The number of para-hydroxylation sites is 1. The van der Waals surface area contributed by atoms with Gasteiger partial charge in [0.15, 0.2) is 0 Å². The maximum absolute atomic E-state index is 5.62. The first-order valence-electron chi connectivity index (χ1n) is 9.60. The molecule has 0 aliphatic carbocycles. The van der Waals surface area contributed by atoms with Crippen LogP contribution >= 0.6 is 0 Å². The SMILES string of the molecule is CCCCCCCCCCCC(CNc1ccccc1C)OC.